The average Bonchev–Trinajstić information content (AvgIpc) is 2.61. The third kappa shape index (κ3) is 4.06. The van der Waals surface area contributed by atoms with Crippen LogP contribution >= 0.6 is 0 Å². The van der Waals surface area contributed by atoms with Crippen LogP contribution in [0.2, 0.25) is 0 Å². The maximum atomic E-state index is 10.6. The highest BCUT2D eigenvalue weighted by Crippen LogP contribution is 2.13. The summed E-state index contributed by atoms with van der Waals surface area (Å²) in [5, 5.41) is 8.69. The molecule has 0 aliphatic carbocycles. The summed E-state index contributed by atoms with van der Waals surface area (Å²) in [6, 6.07) is 1.49. The maximum absolute atomic E-state index is 10.6. The molecule has 1 heterocycles. The minimum atomic E-state index is -0.981. The Morgan fingerprint density at radius 2 is 2.19 bits per heavy atom. The molecule has 4 nitrogen and oxygen atoms in total. The lowest BCUT2D eigenvalue weighted by Gasteiger charge is -2.13. The normalized spacial score (nSPS) is 13.0. The van der Waals surface area contributed by atoms with Gasteiger partial charge in [0.1, 0.15) is 18.6 Å². The largest absolute Gasteiger partial charge is 0.478 e. The Morgan fingerprint density at radius 3 is 2.69 bits per heavy atom. The number of aromatic carboxylic acids is 1. The molecule has 0 radical (unpaired) electrons. The molecule has 0 spiro atoms. The molecule has 0 aliphatic heterocycles. The van der Waals surface area contributed by atoms with E-state index in [0.29, 0.717) is 18.3 Å². The first-order valence-corrected chi connectivity index (χ1v) is 5.41. The maximum Gasteiger partial charge on any atom is 0.338 e. The predicted octanol–water partition coefficient (Wildman–Crippen LogP) is 2.93. The summed E-state index contributed by atoms with van der Waals surface area (Å²) in [5.74, 6) is 0.152. The minimum absolute atomic E-state index is 0.151. The number of rotatable bonds is 6. The zero-order valence-corrected chi connectivity index (χ0v) is 9.90. The van der Waals surface area contributed by atoms with Gasteiger partial charge < -0.3 is 14.3 Å². The zero-order valence-electron chi connectivity index (χ0n) is 9.90. The zero-order chi connectivity index (χ0) is 12.1. The monoisotopic (exact) mass is 226 g/mol. The summed E-state index contributed by atoms with van der Waals surface area (Å²) in [6.07, 6.45) is 2.36. The van der Waals surface area contributed by atoms with Gasteiger partial charge in [0.05, 0.1) is 11.7 Å². The van der Waals surface area contributed by atoms with Gasteiger partial charge in [-0.15, -0.1) is 0 Å². The molecular weight excluding hydrogens is 208 g/mol. The Morgan fingerprint density at radius 1 is 1.50 bits per heavy atom. The molecule has 0 saturated heterocycles. The third-order valence-electron chi connectivity index (χ3n) is 2.21. The van der Waals surface area contributed by atoms with Crippen molar-refractivity contribution < 1.29 is 19.1 Å². The van der Waals surface area contributed by atoms with Crippen molar-refractivity contribution >= 4 is 5.97 Å². The van der Waals surface area contributed by atoms with Gasteiger partial charge in [-0.2, -0.15) is 0 Å². The van der Waals surface area contributed by atoms with Gasteiger partial charge >= 0.3 is 5.97 Å². The van der Waals surface area contributed by atoms with Crippen LogP contribution in [0.4, 0.5) is 0 Å². The number of hydrogen-bond acceptors (Lipinski definition) is 3. The van der Waals surface area contributed by atoms with Gasteiger partial charge in [0.25, 0.3) is 0 Å². The summed E-state index contributed by atoms with van der Waals surface area (Å²) >= 11 is 0. The topological polar surface area (TPSA) is 59.7 Å². The van der Waals surface area contributed by atoms with E-state index in [2.05, 4.69) is 13.8 Å². The first-order valence-electron chi connectivity index (χ1n) is 5.41. The van der Waals surface area contributed by atoms with Gasteiger partial charge in [0.15, 0.2) is 0 Å². The summed E-state index contributed by atoms with van der Waals surface area (Å²) in [5.41, 5.74) is 0.162. The minimum Gasteiger partial charge on any atom is -0.478 e. The van der Waals surface area contributed by atoms with Crippen LogP contribution in [-0.2, 0) is 11.3 Å². The van der Waals surface area contributed by atoms with Crippen molar-refractivity contribution in [2.45, 2.75) is 39.9 Å². The van der Waals surface area contributed by atoms with Gasteiger partial charge in [0.2, 0.25) is 0 Å². The van der Waals surface area contributed by atoms with E-state index < -0.39 is 5.97 Å². The summed E-state index contributed by atoms with van der Waals surface area (Å²) in [7, 11) is 0. The molecule has 1 aromatic rings. The van der Waals surface area contributed by atoms with Crippen molar-refractivity contribution in [3.8, 4) is 0 Å². The Kier molecular flexibility index (Phi) is 4.55. The highest BCUT2D eigenvalue weighted by molar-refractivity contribution is 5.87. The molecule has 0 amide bonds. The quantitative estimate of drug-likeness (QED) is 0.810. The molecule has 0 bridgehead atoms. The fourth-order valence-electron chi connectivity index (χ4n) is 1.52. The van der Waals surface area contributed by atoms with Crippen LogP contribution in [0.1, 0.15) is 43.3 Å². The molecule has 1 aromatic heterocycles. The van der Waals surface area contributed by atoms with E-state index in [-0.39, 0.29) is 11.7 Å². The van der Waals surface area contributed by atoms with E-state index in [1.54, 1.807) is 0 Å². The second kappa shape index (κ2) is 5.70. The van der Waals surface area contributed by atoms with Crippen LogP contribution in [0, 0.1) is 5.92 Å². The Bertz CT molecular complexity index is 341. The van der Waals surface area contributed by atoms with Crippen molar-refractivity contribution in [1.29, 1.82) is 0 Å². The third-order valence-corrected chi connectivity index (χ3v) is 2.21. The summed E-state index contributed by atoms with van der Waals surface area (Å²) in [4.78, 5) is 10.6. The van der Waals surface area contributed by atoms with Crippen LogP contribution in [0.5, 0.6) is 0 Å². The lowest BCUT2D eigenvalue weighted by molar-refractivity contribution is 0.0303. The van der Waals surface area contributed by atoms with Crippen molar-refractivity contribution in [2.24, 2.45) is 5.92 Å². The average molecular weight is 226 g/mol. The standard InChI is InChI=1S/C12H18O4/c1-8(2)4-9(3)15-7-11-5-10(6-16-11)12(13)14/h5-6,8-9H,4,7H2,1-3H3,(H,13,14). The molecule has 4 heteroatoms. The van der Waals surface area contributed by atoms with Crippen molar-refractivity contribution in [1.82, 2.24) is 0 Å². The fourth-order valence-corrected chi connectivity index (χ4v) is 1.52. The number of hydrogen-bond donors (Lipinski definition) is 1. The van der Waals surface area contributed by atoms with E-state index in [9.17, 15) is 4.79 Å². The van der Waals surface area contributed by atoms with Crippen molar-refractivity contribution in [3.05, 3.63) is 23.7 Å². The molecule has 1 rings (SSSR count). The second-order valence-electron chi connectivity index (χ2n) is 4.36. The number of ether oxygens (including phenoxy) is 1. The smallest absolute Gasteiger partial charge is 0.338 e. The van der Waals surface area contributed by atoms with Gasteiger partial charge in [0, 0.05) is 0 Å². The molecule has 1 unspecified atom stereocenters. The number of furan rings is 1. The van der Waals surface area contributed by atoms with Crippen LogP contribution < -0.4 is 0 Å². The molecular formula is C12H18O4. The van der Waals surface area contributed by atoms with E-state index in [4.69, 9.17) is 14.3 Å². The highest BCUT2D eigenvalue weighted by atomic mass is 16.5. The van der Waals surface area contributed by atoms with Gasteiger partial charge in [-0.25, -0.2) is 4.79 Å². The van der Waals surface area contributed by atoms with Crippen LogP contribution in [-0.4, -0.2) is 17.2 Å². The molecule has 0 saturated carbocycles. The number of carboxylic acids is 1. The molecule has 16 heavy (non-hydrogen) atoms. The SMILES string of the molecule is CC(C)CC(C)OCc1cc(C(=O)O)co1. The van der Waals surface area contributed by atoms with Gasteiger partial charge in [-0.3, -0.25) is 0 Å². The molecule has 0 fully saturated rings. The van der Waals surface area contributed by atoms with Crippen LogP contribution in [0.15, 0.2) is 16.7 Å². The lowest BCUT2D eigenvalue weighted by atomic mass is 10.1. The molecule has 0 aliphatic rings. The summed E-state index contributed by atoms with van der Waals surface area (Å²) in [6.45, 7) is 6.59. The lowest BCUT2D eigenvalue weighted by Crippen LogP contribution is -2.10. The first-order chi connectivity index (χ1) is 7.49. The van der Waals surface area contributed by atoms with Crippen LogP contribution in [0.3, 0.4) is 0 Å². The van der Waals surface area contributed by atoms with E-state index in [1.807, 2.05) is 6.92 Å². The predicted molar refractivity (Wildman–Crippen MR) is 59.4 cm³/mol. The Hall–Kier alpha value is -1.29. The Labute approximate surface area is 95.2 Å². The van der Waals surface area contributed by atoms with E-state index >= 15 is 0 Å². The van der Waals surface area contributed by atoms with E-state index in [1.165, 1.54) is 12.3 Å². The van der Waals surface area contributed by atoms with Gasteiger partial charge in [-0.1, -0.05) is 13.8 Å². The summed E-state index contributed by atoms with van der Waals surface area (Å²) < 4.78 is 10.6. The number of carbonyl (C=O) groups is 1. The molecule has 1 atom stereocenters. The highest BCUT2D eigenvalue weighted by Gasteiger charge is 2.10. The molecule has 90 valence electrons. The van der Waals surface area contributed by atoms with Crippen molar-refractivity contribution in [3.63, 3.8) is 0 Å². The molecule has 0 aromatic carbocycles. The number of carboxylic acid groups (broad SMARTS) is 1. The second-order valence-corrected chi connectivity index (χ2v) is 4.36. The van der Waals surface area contributed by atoms with Crippen molar-refractivity contribution in [2.75, 3.05) is 0 Å². The first kappa shape index (κ1) is 12.8. The Balaban J connectivity index is 2.39. The van der Waals surface area contributed by atoms with Crippen LogP contribution in [0.25, 0.3) is 0 Å². The molecule has 1 N–H and O–H groups in total. The van der Waals surface area contributed by atoms with Gasteiger partial charge in [-0.05, 0) is 25.3 Å². The fraction of sp³-hybridized carbons (Fsp3) is 0.583. The van der Waals surface area contributed by atoms with E-state index in [0.717, 1.165) is 6.42 Å².